The summed E-state index contributed by atoms with van der Waals surface area (Å²) >= 11 is 5.69. The van der Waals surface area contributed by atoms with Crippen LogP contribution in [0.5, 0.6) is 0 Å². The Bertz CT molecular complexity index is 408. The first-order valence-electron chi connectivity index (χ1n) is 4.93. The highest BCUT2D eigenvalue weighted by atomic mass is 35.5. The van der Waals surface area contributed by atoms with Gasteiger partial charge in [0.1, 0.15) is 0 Å². The summed E-state index contributed by atoms with van der Waals surface area (Å²) in [6, 6.07) is 8.57. The van der Waals surface area contributed by atoms with Crippen molar-refractivity contribution in [3.05, 3.63) is 35.4 Å². The summed E-state index contributed by atoms with van der Waals surface area (Å²) in [5.41, 5.74) is 1.11. The lowest BCUT2D eigenvalue weighted by Crippen LogP contribution is -2.36. The molecule has 0 spiro atoms. The lowest BCUT2D eigenvalue weighted by molar-refractivity contribution is 0.0756. The molecule has 0 radical (unpaired) electrons. The van der Waals surface area contributed by atoms with Gasteiger partial charge in [0.15, 0.2) is 0 Å². The Morgan fingerprint density at radius 2 is 2.06 bits per heavy atom. The highest BCUT2D eigenvalue weighted by Crippen LogP contribution is 2.09. The Morgan fingerprint density at radius 3 is 2.50 bits per heavy atom. The average Bonchev–Trinajstić information content (AvgIpc) is 2.36. The summed E-state index contributed by atoms with van der Waals surface area (Å²) in [5, 5.41) is 8.64. The van der Waals surface area contributed by atoms with Crippen LogP contribution in [0.15, 0.2) is 24.3 Å². The SMILES string of the molecule is CC(CCl)N(C)C(=O)c1ccc(C#N)cc1. The van der Waals surface area contributed by atoms with Crippen molar-refractivity contribution in [2.75, 3.05) is 12.9 Å². The second-order valence-electron chi connectivity index (χ2n) is 3.61. The van der Waals surface area contributed by atoms with Gasteiger partial charge in [0.05, 0.1) is 11.6 Å². The number of nitriles is 1. The fraction of sp³-hybridized carbons (Fsp3) is 0.333. The molecule has 0 saturated carbocycles. The van der Waals surface area contributed by atoms with Gasteiger partial charge in [-0.2, -0.15) is 5.26 Å². The van der Waals surface area contributed by atoms with Crippen LogP contribution in [0.4, 0.5) is 0 Å². The molecule has 0 N–H and O–H groups in total. The van der Waals surface area contributed by atoms with Gasteiger partial charge in [0.25, 0.3) is 5.91 Å². The van der Waals surface area contributed by atoms with E-state index in [1.807, 2.05) is 13.0 Å². The van der Waals surface area contributed by atoms with Gasteiger partial charge >= 0.3 is 0 Å². The summed E-state index contributed by atoms with van der Waals surface area (Å²) in [7, 11) is 1.72. The van der Waals surface area contributed by atoms with Crippen molar-refractivity contribution in [2.24, 2.45) is 0 Å². The predicted octanol–water partition coefficient (Wildman–Crippen LogP) is 2.26. The Morgan fingerprint density at radius 1 is 1.50 bits per heavy atom. The van der Waals surface area contributed by atoms with E-state index in [-0.39, 0.29) is 11.9 Å². The number of carbonyl (C=O) groups is 1. The molecule has 0 aliphatic carbocycles. The molecule has 4 heteroatoms. The van der Waals surface area contributed by atoms with Gasteiger partial charge < -0.3 is 4.90 Å². The number of alkyl halides is 1. The predicted molar refractivity (Wildman–Crippen MR) is 63.4 cm³/mol. The second-order valence-corrected chi connectivity index (χ2v) is 3.92. The van der Waals surface area contributed by atoms with E-state index in [4.69, 9.17) is 16.9 Å². The first-order valence-corrected chi connectivity index (χ1v) is 5.47. The largest absolute Gasteiger partial charge is 0.338 e. The number of amides is 1. The molecule has 0 aromatic heterocycles. The van der Waals surface area contributed by atoms with Crippen LogP contribution in [-0.2, 0) is 0 Å². The zero-order valence-corrected chi connectivity index (χ0v) is 10.0. The Kier molecular flexibility index (Phi) is 4.33. The molecule has 1 atom stereocenters. The van der Waals surface area contributed by atoms with Crippen molar-refractivity contribution in [1.29, 1.82) is 5.26 Å². The fourth-order valence-electron chi connectivity index (χ4n) is 1.19. The first kappa shape index (κ1) is 12.5. The van der Waals surface area contributed by atoms with E-state index in [9.17, 15) is 4.79 Å². The van der Waals surface area contributed by atoms with Crippen LogP contribution in [-0.4, -0.2) is 29.8 Å². The molecular formula is C12H13ClN2O. The maximum Gasteiger partial charge on any atom is 0.253 e. The quantitative estimate of drug-likeness (QED) is 0.756. The van der Waals surface area contributed by atoms with E-state index in [0.717, 1.165) is 0 Å². The van der Waals surface area contributed by atoms with Crippen molar-refractivity contribution in [2.45, 2.75) is 13.0 Å². The molecule has 1 aromatic rings. The van der Waals surface area contributed by atoms with E-state index in [0.29, 0.717) is 17.0 Å². The maximum absolute atomic E-state index is 11.9. The van der Waals surface area contributed by atoms with E-state index < -0.39 is 0 Å². The summed E-state index contributed by atoms with van der Waals surface area (Å²) in [5.74, 6) is 0.316. The third-order valence-electron chi connectivity index (χ3n) is 2.47. The molecular weight excluding hydrogens is 224 g/mol. The average molecular weight is 237 g/mol. The van der Waals surface area contributed by atoms with E-state index in [2.05, 4.69) is 0 Å². The highest BCUT2D eigenvalue weighted by Gasteiger charge is 2.16. The van der Waals surface area contributed by atoms with E-state index in [1.165, 1.54) is 0 Å². The number of benzene rings is 1. The standard InChI is InChI=1S/C12H13ClN2O/c1-9(7-13)15(2)12(16)11-5-3-10(8-14)4-6-11/h3-6,9H,7H2,1-2H3. The summed E-state index contributed by atoms with van der Waals surface area (Å²) < 4.78 is 0. The van der Waals surface area contributed by atoms with Crippen molar-refractivity contribution in [1.82, 2.24) is 4.90 Å². The molecule has 1 rings (SSSR count). The van der Waals surface area contributed by atoms with Crippen LogP contribution in [0.25, 0.3) is 0 Å². The zero-order valence-electron chi connectivity index (χ0n) is 9.27. The van der Waals surface area contributed by atoms with Crippen LogP contribution in [0.1, 0.15) is 22.8 Å². The van der Waals surface area contributed by atoms with Gasteiger partial charge in [0, 0.05) is 24.5 Å². The minimum absolute atomic E-state index is 0.00944. The van der Waals surface area contributed by atoms with Crippen LogP contribution in [0, 0.1) is 11.3 Å². The fourth-order valence-corrected chi connectivity index (χ4v) is 1.40. The Balaban J connectivity index is 2.85. The number of rotatable bonds is 3. The summed E-state index contributed by atoms with van der Waals surface area (Å²) in [6.07, 6.45) is 0. The van der Waals surface area contributed by atoms with Crippen LogP contribution < -0.4 is 0 Å². The summed E-state index contributed by atoms with van der Waals surface area (Å²) in [4.78, 5) is 13.5. The van der Waals surface area contributed by atoms with Crippen LogP contribution >= 0.6 is 11.6 Å². The Hall–Kier alpha value is -1.53. The third-order valence-corrected chi connectivity index (χ3v) is 2.91. The molecule has 0 aliphatic heterocycles. The van der Waals surface area contributed by atoms with Crippen molar-refractivity contribution >= 4 is 17.5 Å². The normalized spacial score (nSPS) is 11.6. The van der Waals surface area contributed by atoms with Crippen molar-refractivity contribution < 1.29 is 4.79 Å². The minimum atomic E-state index is -0.0855. The molecule has 1 unspecified atom stereocenters. The number of hydrogen-bond donors (Lipinski definition) is 0. The number of hydrogen-bond acceptors (Lipinski definition) is 2. The highest BCUT2D eigenvalue weighted by molar-refractivity contribution is 6.18. The molecule has 16 heavy (non-hydrogen) atoms. The number of nitrogens with zero attached hydrogens (tertiary/aromatic N) is 2. The van der Waals surface area contributed by atoms with E-state index >= 15 is 0 Å². The van der Waals surface area contributed by atoms with Crippen molar-refractivity contribution in [3.63, 3.8) is 0 Å². The van der Waals surface area contributed by atoms with Gasteiger partial charge in [-0.3, -0.25) is 4.79 Å². The second kappa shape index (κ2) is 5.53. The molecule has 3 nitrogen and oxygen atoms in total. The molecule has 84 valence electrons. The zero-order chi connectivity index (χ0) is 12.1. The maximum atomic E-state index is 11.9. The molecule has 0 bridgehead atoms. The smallest absolute Gasteiger partial charge is 0.253 e. The molecule has 0 saturated heterocycles. The van der Waals surface area contributed by atoms with Gasteiger partial charge in [-0.1, -0.05) is 0 Å². The topological polar surface area (TPSA) is 44.1 Å². The van der Waals surface area contributed by atoms with Gasteiger partial charge in [-0.25, -0.2) is 0 Å². The van der Waals surface area contributed by atoms with Crippen LogP contribution in [0.3, 0.4) is 0 Å². The van der Waals surface area contributed by atoms with Gasteiger partial charge in [-0.15, -0.1) is 11.6 Å². The lowest BCUT2D eigenvalue weighted by atomic mass is 10.1. The lowest BCUT2D eigenvalue weighted by Gasteiger charge is -2.23. The molecule has 0 fully saturated rings. The third kappa shape index (κ3) is 2.74. The van der Waals surface area contributed by atoms with Gasteiger partial charge in [-0.05, 0) is 31.2 Å². The minimum Gasteiger partial charge on any atom is -0.338 e. The van der Waals surface area contributed by atoms with Crippen molar-refractivity contribution in [3.8, 4) is 6.07 Å². The summed E-state index contributed by atoms with van der Waals surface area (Å²) in [6.45, 7) is 1.88. The number of carbonyl (C=O) groups excluding carboxylic acids is 1. The molecule has 1 aromatic carbocycles. The Labute approximate surface area is 100 Å². The molecule has 1 amide bonds. The number of halogens is 1. The monoisotopic (exact) mass is 236 g/mol. The first-order chi connectivity index (χ1) is 7.60. The molecule has 0 heterocycles. The van der Waals surface area contributed by atoms with E-state index in [1.54, 1.807) is 36.2 Å². The van der Waals surface area contributed by atoms with Gasteiger partial charge in [0.2, 0.25) is 0 Å². The van der Waals surface area contributed by atoms with Crippen LogP contribution in [0.2, 0.25) is 0 Å². The molecule has 0 aliphatic rings.